The van der Waals surface area contributed by atoms with Gasteiger partial charge in [0.2, 0.25) is 10.0 Å². The second-order valence-electron chi connectivity index (χ2n) is 3.86. The number of anilines is 1. The number of nitrogens with two attached hydrogens (primary N) is 1. The second-order valence-corrected chi connectivity index (χ2v) is 5.62. The van der Waals surface area contributed by atoms with E-state index in [9.17, 15) is 12.8 Å². The summed E-state index contributed by atoms with van der Waals surface area (Å²) in [5.74, 6) is -1.02. The third-order valence-corrected chi connectivity index (χ3v) is 3.88. The third-order valence-electron chi connectivity index (χ3n) is 2.44. The zero-order valence-corrected chi connectivity index (χ0v) is 11.3. The lowest BCUT2D eigenvalue weighted by Gasteiger charge is -2.10. The molecule has 1 aromatic rings. The van der Waals surface area contributed by atoms with Crippen molar-refractivity contribution in [2.45, 2.75) is 17.7 Å². The van der Waals surface area contributed by atoms with E-state index in [1.165, 1.54) is 7.11 Å². The van der Waals surface area contributed by atoms with Crippen LogP contribution in [0, 0.1) is 5.82 Å². The number of hydrogen-bond acceptors (Lipinski definition) is 5. The number of sulfonamides is 1. The lowest BCUT2D eigenvalue weighted by molar-refractivity contribution is 0.285. The predicted octanol–water partition coefficient (Wildman–Crippen LogP) is 0.467. The molecule has 108 valence electrons. The van der Waals surface area contributed by atoms with Gasteiger partial charge >= 0.3 is 0 Å². The summed E-state index contributed by atoms with van der Waals surface area (Å²) in [5.41, 5.74) is 5.43. The summed E-state index contributed by atoms with van der Waals surface area (Å²) in [6, 6.07) is 1.99. The zero-order chi connectivity index (χ0) is 14.5. The number of benzene rings is 1. The second kappa shape index (κ2) is 6.69. The Balaban J connectivity index is 2.90. The maximum atomic E-state index is 13.6. The van der Waals surface area contributed by atoms with Gasteiger partial charge in [-0.1, -0.05) is 0 Å². The molecule has 0 fully saturated rings. The molecule has 0 aliphatic carbocycles. The Bertz CT molecular complexity index is 510. The minimum atomic E-state index is -3.82. The molecule has 0 atom stereocenters. The minimum absolute atomic E-state index is 0.00810. The van der Waals surface area contributed by atoms with Crippen LogP contribution >= 0.6 is 0 Å². The molecule has 0 bridgehead atoms. The van der Waals surface area contributed by atoms with Crippen molar-refractivity contribution in [2.75, 3.05) is 26.0 Å². The molecule has 0 saturated heterocycles. The molecule has 0 saturated carbocycles. The van der Waals surface area contributed by atoms with Crippen LogP contribution < -0.4 is 15.2 Å². The Labute approximate surface area is 111 Å². The van der Waals surface area contributed by atoms with E-state index in [4.69, 9.17) is 15.6 Å². The number of nitrogen functional groups attached to an aromatic ring is 1. The largest absolute Gasteiger partial charge is 0.492 e. The van der Waals surface area contributed by atoms with Crippen LogP contribution in [0.3, 0.4) is 0 Å². The van der Waals surface area contributed by atoms with Crippen LogP contribution in [0.5, 0.6) is 5.75 Å². The van der Waals surface area contributed by atoms with Crippen molar-refractivity contribution < 1.29 is 22.7 Å². The van der Waals surface area contributed by atoms with Crippen LogP contribution in [0.1, 0.15) is 12.8 Å². The third kappa shape index (κ3) is 4.05. The van der Waals surface area contributed by atoms with Gasteiger partial charge in [-0.15, -0.1) is 0 Å². The molecule has 6 nitrogen and oxygen atoms in total. The molecular formula is C11H17FN2O4S. The fourth-order valence-electron chi connectivity index (χ4n) is 1.49. The maximum absolute atomic E-state index is 13.6. The highest BCUT2D eigenvalue weighted by atomic mass is 32.2. The van der Waals surface area contributed by atoms with Gasteiger partial charge in [0, 0.05) is 13.2 Å². The average Bonchev–Trinajstić information content (AvgIpc) is 2.34. The number of methoxy groups -OCH3 is 1. The molecule has 0 unspecified atom stereocenters. The first-order valence-electron chi connectivity index (χ1n) is 5.66. The highest BCUT2D eigenvalue weighted by Crippen LogP contribution is 2.28. The van der Waals surface area contributed by atoms with Crippen molar-refractivity contribution in [2.24, 2.45) is 0 Å². The van der Waals surface area contributed by atoms with Gasteiger partial charge in [-0.3, -0.25) is 0 Å². The topological polar surface area (TPSA) is 102 Å². The molecule has 1 rings (SSSR count). The molecule has 0 spiro atoms. The molecule has 8 heteroatoms. The Hall–Kier alpha value is -1.38. The molecule has 0 amide bonds. The average molecular weight is 292 g/mol. The van der Waals surface area contributed by atoms with Crippen LogP contribution in [0.4, 0.5) is 10.1 Å². The highest BCUT2D eigenvalue weighted by molar-refractivity contribution is 7.89. The van der Waals surface area contributed by atoms with Gasteiger partial charge in [0.05, 0.1) is 17.7 Å². The molecule has 19 heavy (non-hydrogen) atoms. The Morgan fingerprint density at radius 3 is 2.63 bits per heavy atom. The number of rotatable bonds is 7. The molecule has 0 aliphatic heterocycles. The van der Waals surface area contributed by atoms with Crippen LogP contribution in [-0.2, 0) is 10.0 Å². The number of ether oxygens (including phenoxy) is 1. The van der Waals surface area contributed by atoms with E-state index in [1.807, 2.05) is 0 Å². The Morgan fingerprint density at radius 1 is 1.42 bits per heavy atom. The number of unbranched alkanes of at least 4 members (excludes halogenated alkanes) is 1. The van der Waals surface area contributed by atoms with E-state index < -0.39 is 15.8 Å². The highest BCUT2D eigenvalue weighted by Gasteiger charge is 2.18. The summed E-state index contributed by atoms with van der Waals surface area (Å²) in [5, 5.41) is 8.59. The number of aliphatic hydroxyl groups is 1. The first kappa shape index (κ1) is 15.7. The van der Waals surface area contributed by atoms with E-state index in [-0.39, 0.29) is 29.5 Å². The quantitative estimate of drug-likeness (QED) is 0.501. The molecular weight excluding hydrogens is 275 g/mol. The molecule has 1 aromatic carbocycles. The smallest absolute Gasteiger partial charge is 0.240 e. The van der Waals surface area contributed by atoms with E-state index in [0.717, 1.165) is 12.1 Å². The number of aliphatic hydroxyl groups excluding tert-OH is 1. The fraction of sp³-hybridized carbons (Fsp3) is 0.455. The zero-order valence-electron chi connectivity index (χ0n) is 10.5. The van der Waals surface area contributed by atoms with Crippen LogP contribution in [0.2, 0.25) is 0 Å². The summed E-state index contributed by atoms with van der Waals surface area (Å²) in [7, 11) is -2.57. The summed E-state index contributed by atoms with van der Waals surface area (Å²) in [6.45, 7) is 0.155. The number of halogens is 1. The van der Waals surface area contributed by atoms with E-state index >= 15 is 0 Å². The van der Waals surface area contributed by atoms with Crippen molar-refractivity contribution in [3.8, 4) is 5.75 Å². The van der Waals surface area contributed by atoms with Crippen molar-refractivity contribution >= 4 is 15.7 Å². The minimum Gasteiger partial charge on any atom is -0.492 e. The number of nitrogens with one attached hydrogen (secondary N) is 1. The van der Waals surface area contributed by atoms with E-state index in [1.54, 1.807) is 0 Å². The maximum Gasteiger partial charge on any atom is 0.240 e. The van der Waals surface area contributed by atoms with Gasteiger partial charge in [0.25, 0.3) is 0 Å². The predicted molar refractivity (Wildman–Crippen MR) is 68.9 cm³/mol. The van der Waals surface area contributed by atoms with Gasteiger partial charge in [0.15, 0.2) is 11.6 Å². The molecule has 0 aromatic heterocycles. The van der Waals surface area contributed by atoms with Gasteiger partial charge in [0.1, 0.15) is 0 Å². The Kier molecular flexibility index (Phi) is 5.52. The van der Waals surface area contributed by atoms with Crippen LogP contribution in [-0.4, -0.2) is 33.8 Å². The lowest BCUT2D eigenvalue weighted by Crippen LogP contribution is -2.25. The van der Waals surface area contributed by atoms with Crippen LogP contribution in [0.15, 0.2) is 17.0 Å². The lowest BCUT2D eigenvalue weighted by atomic mass is 10.3. The number of hydrogen-bond donors (Lipinski definition) is 3. The molecule has 0 heterocycles. The van der Waals surface area contributed by atoms with Crippen molar-refractivity contribution in [3.05, 3.63) is 17.9 Å². The molecule has 4 N–H and O–H groups in total. The SMILES string of the molecule is COc1c(N)cc(S(=O)(=O)NCCCCO)cc1F. The van der Waals surface area contributed by atoms with Crippen molar-refractivity contribution in [1.82, 2.24) is 4.72 Å². The Morgan fingerprint density at radius 2 is 2.11 bits per heavy atom. The van der Waals surface area contributed by atoms with Gasteiger partial charge in [-0.05, 0) is 25.0 Å². The summed E-state index contributed by atoms with van der Waals surface area (Å²) in [4.78, 5) is -0.257. The van der Waals surface area contributed by atoms with Crippen molar-refractivity contribution in [1.29, 1.82) is 0 Å². The van der Waals surface area contributed by atoms with E-state index in [2.05, 4.69) is 4.72 Å². The summed E-state index contributed by atoms with van der Waals surface area (Å²) in [6.07, 6.45) is 0.978. The van der Waals surface area contributed by atoms with Crippen LogP contribution in [0.25, 0.3) is 0 Å². The van der Waals surface area contributed by atoms with Crippen molar-refractivity contribution in [3.63, 3.8) is 0 Å². The normalized spacial score (nSPS) is 11.5. The molecule has 0 aliphatic rings. The molecule has 0 radical (unpaired) electrons. The first-order valence-corrected chi connectivity index (χ1v) is 7.14. The fourth-order valence-corrected chi connectivity index (χ4v) is 2.61. The van der Waals surface area contributed by atoms with Gasteiger partial charge < -0.3 is 15.6 Å². The summed E-state index contributed by atoms with van der Waals surface area (Å²) >= 11 is 0. The standard InChI is InChI=1S/C11H17FN2O4S/c1-18-11-9(12)6-8(7-10(11)13)19(16,17)14-4-2-3-5-15/h6-7,14-15H,2-5,13H2,1H3. The monoisotopic (exact) mass is 292 g/mol. The summed E-state index contributed by atoms with van der Waals surface area (Å²) < 4.78 is 44.3. The van der Waals surface area contributed by atoms with E-state index in [0.29, 0.717) is 12.8 Å². The van der Waals surface area contributed by atoms with Gasteiger partial charge in [-0.25, -0.2) is 17.5 Å². The first-order chi connectivity index (χ1) is 8.92. The van der Waals surface area contributed by atoms with Gasteiger partial charge in [-0.2, -0.15) is 0 Å².